The van der Waals surface area contributed by atoms with Crippen LogP contribution in [0.25, 0.3) is 0 Å². The molecule has 0 aliphatic carbocycles. The Morgan fingerprint density at radius 3 is 2.67 bits per heavy atom. The number of anilines is 1. The van der Waals surface area contributed by atoms with E-state index in [4.69, 9.17) is 9.63 Å². The second-order valence-electron chi connectivity index (χ2n) is 6.16. The van der Waals surface area contributed by atoms with Crippen LogP contribution in [0.4, 0.5) is 10.7 Å². The van der Waals surface area contributed by atoms with Crippen molar-refractivity contribution in [2.24, 2.45) is 0 Å². The molecule has 0 unspecified atom stereocenters. The number of nitrogens with one attached hydrogen (secondary N) is 1. The maximum atomic E-state index is 12.1. The van der Waals surface area contributed by atoms with Gasteiger partial charge in [0.1, 0.15) is 6.04 Å². The zero-order valence-corrected chi connectivity index (χ0v) is 12.2. The van der Waals surface area contributed by atoms with Crippen molar-refractivity contribution in [3.8, 4) is 0 Å². The van der Waals surface area contributed by atoms with Gasteiger partial charge in [0, 0.05) is 17.9 Å². The summed E-state index contributed by atoms with van der Waals surface area (Å²) < 4.78 is 5.03. The molecule has 21 heavy (non-hydrogen) atoms. The van der Waals surface area contributed by atoms with Crippen LogP contribution in [-0.4, -0.2) is 51.0 Å². The summed E-state index contributed by atoms with van der Waals surface area (Å²) in [5, 5.41) is 24.9. The van der Waals surface area contributed by atoms with Gasteiger partial charge in [-0.05, 0) is 0 Å². The van der Waals surface area contributed by atoms with E-state index >= 15 is 0 Å². The zero-order valence-electron chi connectivity index (χ0n) is 12.2. The first-order valence-corrected chi connectivity index (χ1v) is 6.64. The fourth-order valence-electron chi connectivity index (χ4n) is 2.17. The van der Waals surface area contributed by atoms with Gasteiger partial charge in [-0.1, -0.05) is 25.9 Å². The number of carboxylic acid groups (broad SMARTS) is 1. The molecule has 0 aromatic carbocycles. The lowest BCUT2D eigenvalue weighted by Crippen LogP contribution is -2.42. The Hall–Kier alpha value is -2.09. The van der Waals surface area contributed by atoms with Gasteiger partial charge in [-0.25, -0.2) is 4.79 Å². The quantitative estimate of drug-likeness (QED) is 0.750. The number of carbonyl (C=O) groups is 2. The number of carbonyl (C=O) groups excluding carboxylic acids is 1. The lowest BCUT2D eigenvalue weighted by Gasteiger charge is -2.19. The molecule has 2 amide bonds. The van der Waals surface area contributed by atoms with Gasteiger partial charge >= 0.3 is 6.09 Å². The Morgan fingerprint density at radius 1 is 1.48 bits per heavy atom. The van der Waals surface area contributed by atoms with E-state index in [2.05, 4.69) is 10.5 Å². The van der Waals surface area contributed by atoms with Crippen molar-refractivity contribution in [1.29, 1.82) is 0 Å². The Bertz CT molecular complexity index is 548. The average Bonchev–Trinajstić information content (AvgIpc) is 2.94. The summed E-state index contributed by atoms with van der Waals surface area (Å²) in [7, 11) is 0. The van der Waals surface area contributed by atoms with E-state index in [0.717, 1.165) is 4.90 Å². The lowest BCUT2D eigenvalue weighted by atomic mass is 9.92. The fourth-order valence-corrected chi connectivity index (χ4v) is 2.17. The Balaban J connectivity index is 2.07. The monoisotopic (exact) mass is 297 g/mol. The van der Waals surface area contributed by atoms with Crippen LogP contribution < -0.4 is 5.32 Å². The molecule has 1 aliphatic rings. The molecule has 1 aliphatic heterocycles. The van der Waals surface area contributed by atoms with Gasteiger partial charge in [-0.3, -0.25) is 15.0 Å². The molecule has 0 saturated carbocycles. The third kappa shape index (κ3) is 3.33. The zero-order chi connectivity index (χ0) is 15.8. The van der Waals surface area contributed by atoms with Crippen molar-refractivity contribution in [3.63, 3.8) is 0 Å². The van der Waals surface area contributed by atoms with Crippen molar-refractivity contribution in [1.82, 2.24) is 10.1 Å². The molecular weight excluding hydrogens is 278 g/mol. The van der Waals surface area contributed by atoms with E-state index in [1.807, 2.05) is 20.8 Å². The molecule has 1 saturated heterocycles. The molecule has 3 N–H and O–H groups in total. The van der Waals surface area contributed by atoms with Gasteiger partial charge in [-0.15, -0.1) is 0 Å². The Labute approximate surface area is 121 Å². The number of amides is 2. The maximum absolute atomic E-state index is 12.1. The summed E-state index contributed by atoms with van der Waals surface area (Å²) in [6.45, 7) is 5.79. The number of aromatic nitrogens is 1. The van der Waals surface area contributed by atoms with Gasteiger partial charge in [-0.2, -0.15) is 0 Å². The summed E-state index contributed by atoms with van der Waals surface area (Å²) in [6.07, 6.45) is -2.00. The standard InChI is InChI=1S/C13H19N3O5/c1-13(2,3)9-5-10(21-15-9)14-11(18)8-4-7(17)6-16(8)12(19)20/h5,7-8,17H,4,6H2,1-3H3,(H,14,18)(H,19,20)/t7-,8+/m1/s1. The third-order valence-electron chi connectivity index (χ3n) is 3.35. The van der Waals surface area contributed by atoms with Crippen LogP contribution in [0.15, 0.2) is 10.6 Å². The fraction of sp³-hybridized carbons (Fsp3) is 0.615. The lowest BCUT2D eigenvalue weighted by molar-refractivity contribution is -0.120. The topological polar surface area (TPSA) is 116 Å². The number of aliphatic hydroxyl groups excluding tert-OH is 1. The van der Waals surface area contributed by atoms with Gasteiger partial charge in [0.15, 0.2) is 0 Å². The summed E-state index contributed by atoms with van der Waals surface area (Å²) in [6, 6.07) is 0.676. The highest BCUT2D eigenvalue weighted by molar-refractivity contribution is 5.95. The predicted octanol–water partition coefficient (Wildman–Crippen LogP) is 1.02. The summed E-state index contributed by atoms with van der Waals surface area (Å²) in [5.41, 5.74) is 0.461. The minimum absolute atomic E-state index is 0.0679. The molecule has 0 radical (unpaired) electrons. The van der Waals surface area contributed by atoms with E-state index in [1.165, 1.54) is 0 Å². The van der Waals surface area contributed by atoms with Crippen molar-refractivity contribution >= 4 is 17.9 Å². The number of hydrogen-bond donors (Lipinski definition) is 3. The second kappa shape index (κ2) is 5.36. The maximum Gasteiger partial charge on any atom is 0.408 e. The Kier molecular flexibility index (Phi) is 3.91. The molecule has 2 rings (SSSR count). The van der Waals surface area contributed by atoms with E-state index < -0.39 is 24.1 Å². The molecular formula is C13H19N3O5. The molecule has 8 heteroatoms. The van der Waals surface area contributed by atoms with E-state index in [0.29, 0.717) is 5.69 Å². The number of likely N-dealkylation sites (tertiary alicyclic amines) is 1. The summed E-state index contributed by atoms with van der Waals surface area (Å²) in [4.78, 5) is 24.1. The SMILES string of the molecule is CC(C)(C)c1cc(NC(=O)[C@@H]2C[C@@H](O)CN2C(=O)O)on1. The molecule has 2 heterocycles. The Morgan fingerprint density at radius 2 is 2.14 bits per heavy atom. The first-order valence-electron chi connectivity index (χ1n) is 6.64. The van der Waals surface area contributed by atoms with Crippen LogP contribution in [0.3, 0.4) is 0 Å². The minimum atomic E-state index is -1.24. The molecule has 1 aromatic heterocycles. The first-order chi connectivity index (χ1) is 9.68. The van der Waals surface area contributed by atoms with E-state index in [1.54, 1.807) is 6.07 Å². The highest BCUT2D eigenvalue weighted by Crippen LogP contribution is 2.25. The van der Waals surface area contributed by atoms with E-state index in [9.17, 15) is 14.7 Å². The molecule has 0 bridgehead atoms. The van der Waals surface area contributed by atoms with Crippen LogP contribution >= 0.6 is 0 Å². The van der Waals surface area contributed by atoms with Crippen LogP contribution in [0, 0.1) is 0 Å². The van der Waals surface area contributed by atoms with Gasteiger partial charge < -0.3 is 14.7 Å². The van der Waals surface area contributed by atoms with Crippen LogP contribution in [0.1, 0.15) is 32.9 Å². The van der Waals surface area contributed by atoms with Gasteiger partial charge in [0.05, 0.1) is 18.3 Å². The van der Waals surface area contributed by atoms with Crippen molar-refractivity contribution < 1.29 is 24.3 Å². The number of hydrogen-bond acceptors (Lipinski definition) is 5. The summed E-state index contributed by atoms with van der Waals surface area (Å²) >= 11 is 0. The third-order valence-corrected chi connectivity index (χ3v) is 3.35. The molecule has 0 spiro atoms. The van der Waals surface area contributed by atoms with Crippen molar-refractivity contribution in [3.05, 3.63) is 11.8 Å². The minimum Gasteiger partial charge on any atom is -0.465 e. The molecule has 1 fully saturated rings. The van der Waals surface area contributed by atoms with Gasteiger partial charge in [0.2, 0.25) is 11.8 Å². The predicted molar refractivity (Wildman–Crippen MR) is 73.0 cm³/mol. The molecule has 1 aromatic rings. The summed E-state index contributed by atoms with van der Waals surface area (Å²) in [5.74, 6) is -0.373. The number of nitrogens with zero attached hydrogens (tertiary/aromatic N) is 2. The van der Waals surface area contributed by atoms with Crippen molar-refractivity contribution in [2.45, 2.75) is 44.8 Å². The highest BCUT2D eigenvalue weighted by atomic mass is 16.5. The molecule has 2 atom stereocenters. The van der Waals surface area contributed by atoms with Crippen molar-refractivity contribution in [2.75, 3.05) is 11.9 Å². The molecule has 8 nitrogen and oxygen atoms in total. The average molecular weight is 297 g/mol. The van der Waals surface area contributed by atoms with Gasteiger partial charge in [0.25, 0.3) is 0 Å². The molecule has 116 valence electrons. The second-order valence-corrected chi connectivity index (χ2v) is 6.16. The number of β-amino-alcohol motifs (C(OH)–C–C–N with tert-alkyl or cyclic N) is 1. The smallest absolute Gasteiger partial charge is 0.408 e. The highest BCUT2D eigenvalue weighted by Gasteiger charge is 2.39. The normalized spacial score (nSPS) is 22.4. The van der Waals surface area contributed by atoms with Crippen LogP contribution in [0.2, 0.25) is 0 Å². The number of aliphatic hydroxyl groups is 1. The van der Waals surface area contributed by atoms with Crippen LogP contribution in [-0.2, 0) is 10.2 Å². The van der Waals surface area contributed by atoms with E-state index in [-0.39, 0.29) is 24.3 Å². The first kappa shape index (κ1) is 15.3. The largest absolute Gasteiger partial charge is 0.465 e. The number of rotatable bonds is 2. The van der Waals surface area contributed by atoms with Crippen LogP contribution in [0.5, 0.6) is 0 Å².